The summed E-state index contributed by atoms with van der Waals surface area (Å²) in [6.45, 7) is 2.13. The maximum absolute atomic E-state index is 12.4. The number of ether oxygens (including phenoxy) is 3. The Labute approximate surface area is 128 Å². The first kappa shape index (κ1) is 14.3. The standard InChI is InChI=1S/C17H17NO4/c1-11-7-8-13(20-2)12(9-11)18-17(19)16-10-21-14-5-3-4-6-15(14)22-16/h3-9,16H,10H2,1-2H3,(H,18,19)/t16-/m0/s1. The fraction of sp³-hybridized carbons (Fsp3) is 0.235. The summed E-state index contributed by atoms with van der Waals surface area (Å²) in [6, 6.07) is 12.9. The number of carbonyl (C=O) groups excluding carboxylic acids is 1. The van der Waals surface area contributed by atoms with Crippen LogP contribution in [-0.4, -0.2) is 25.7 Å². The molecule has 3 rings (SSSR count). The van der Waals surface area contributed by atoms with E-state index in [1.807, 2.05) is 43.3 Å². The number of hydrogen-bond donors (Lipinski definition) is 1. The van der Waals surface area contributed by atoms with Gasteiger partial charge in [-0.2, -0.15) is 0 Å². The topological polar surface area (TPSA) is 56.8 Å². The maximum atomic E-state index is 12.4. The van der Waals surface area contributed by atoms with Gasteiger partial charge in [0, 0.05) is 0 Å². The molecule has 0 fully saturated rings. The second kappa shape index (κ2) is 5.97. The number of nitrogens with one attached hydrogen (secondary N) is 1. The van der Waals surface area contributed by atoms with Gasteiger partial charge >= 0.3 is 0 Å². The monoisotopic (exact) mass is 299 g/mol. The number of amides is 1. The normalized spacial score (nSPS) is 16.0. The van der Waals surface area contributed by atoms with Crippen molar-refractivity contribution in [2.24, 2.45) is 0 Å². The van der Waals surface area contributed by atoms with E-state index in [0.717, 1.165) is 5.56 Å². The van der Waals surface area contributed by atoms with Crippen molar-refractivity contribution in [1.82, 2.24) is 0 Å². The summed E-state index contributed by atoms with van der Waals surface area (Å²) in [7, 11) is 1.57. The van der Waals surface area contributed by atoms with Crippen LogP contribution >= 0.6 is 0 Å². The SMILES string of the molecule is COc1ccc(C)cc1NC(=O)[C@@H]1COc2ccccc2O1. The third-order valence-electron chi connectivity index (χ3n) is 3.41. The van der Waals surface area contributed by atoms with E-state index in [1.165, 1.54) is 0 Å². The number of anilines is 1. The third kappa shape index (κ3) is 2.83. The molecule has 1 aliphatic rings. The molecule has 1 N–H and O–H groups in total. The zero-order valence-electron chi connectivity index (χ0n) is 12.5. The van der Waals surface area contributed by atoms with E-state index in [0.29, 0.717) is 22.9 Å². The lowest BCUT2D eigenvalue weighted by Gasteiger charge is -2.25. The highest BCUT2D eigenvalue weighted by Gasteiger charge is 2.27. The van der Waals surface area contributed by atoms with Crippen LogP contribution in [0.2, 0.25) is 0 Å². The Kier molecular flexibility index (Phi) is 3.87. The lowest BCUT2D eigenvalue weighted by molar-refractivity contribution is -0.125. The number of methoxy groups -OCH3 is 1. The minimum Gasteiger partial charge on any atom is -0.495 e. The van der Waals surface area contributed by atoms with Crippen LogP contribution in [0.5, 0.6) is 17.2 Å². The van der Waals surface area contributed by atoms with Crippen molar-refractivity contribution in [3.8, 4) is 17.2 Å². The second-order valence-corrected chi connectivity index (χ2v) is 5.06. The number of aryl methyl sites for hydroxylation is 1. The van der Waals surface area contributed by atoms with E-state index in [-0.39, 0.29) is 12.5 Å². The van der Waals surface area contributed by atoms with Crippen LogP contribution in [0.1, 0.15) is 5.56 Å². The van der Waals surface area contributed by atoms with E-state index >= 15 is 0 Å². The highest BCUT2D eigenvalue weighted by atomic mass is 16.6. The molecule has 114 valence electrons. The predicted octanol–water partition coefficient (Wildman–Crippen LogP) is 2.78. The van der Waals surface area contributed by atoms with Gasteiger partial charge in [-0.1, -0.05) is 18.2 Å². The van der Waals surface area contributed by atoms with Crippen LogP contribution in [0, 0.1) is 6.92 Å². The molecule has 0 aliphatic carbocycles. The van der Waals surface area contributed by atoms with Gasteiger partial charge < -0.3 is 19.5 Å². The van der Waals surface area contributed by atoms with Crippen LogP contribution in [0.15, 0.2) is 42.5 Å². The molecule has 0 aromatic heterocycles. The van der Waals surface area contributed by atoms with Crippen LogP contribution in [-0.2, 0) is 4.79 Å². The van der Waals surface area contributed by atoms with Gasteiger partial charge in [-0.05, 0) is 36.8 Å². The summed E-state index contributed by atoms with van der Waals surface area (Å²) in [6.07, 6.45) is -0.694. The zero-order valence-corrected chi connectivity index (χ0v) is 12.5. The molecule has 0 saturated carbocycles. The van der Waals surface area contributed by atoms with Gasteiger partial charge in [0.05, 0.1) is 12.8 Å². The molecule has 0 radical (unpaired) electrons. The molecule has 2 aromatic carbocycles. The first-order valence-corrected chi connectivity index (χ1v) is 7.01. The van der Waals surface area contributed by atoms with Crippen LogP contribution in [0.3, 0.4) is 0 Å². The summed E-state index contributed by atoms with van der Waals surface area (Å²) in [5, 5.41) is 2.83. The Balaban J connectivity index is 1.75. The lowest BCUT2D eigenvalue weighted by Crippen LogP contribution is -2.40. The molecular formula is C17H17NO4. The molecule has 0 bridgehead atoms. The average molecular weight is 299 g/mol. The quantitative estimate of drug-likeness (QED) is 0.947. The highest BCUT2D eigenvalue weighted by Crippen LogP contribution is 2.31. The van der Waals surface area contributed by atoms with E-state index in [4.69, 9.17) is 14.2 Å². The van der Waals surface area contributed by atoms with Crippen LogP contribution < -0.4 is 19.5 Å². The van der Waals surface area contributed by atoms with Gasteiger partial charge in [0.15, 0.2) is 11.5 Å². The van der Waals surface area contributed by atoms with E-state index in [2.05, 4.69) is 5.32 Å². The first-order chi connectivity index (χ1) is 10.7. The maximum Gasteiger partial charge on any atom is 0.269 e. The van der Waals surface area contributed by atoms with Crippen molar-refractivity contribution < 1.29 is 19.0 Å². The Bertz CT molecular complexity index is 699. The molecule has 5 nitrogen and oxygen atoms in total. The summed E-state index contributed by atoms with van der Waals surface area (Å²) < 4.78 is 16.5. The molecule has 22 heavy (non-hydrogen) atoms. The molecule has 2 aromatic rings. The lowest BCUT2D eigenvalue weighted by atomic mass is 10.2. The van der Waals surface area contributed by atoms with Crippen LogP contribution in [0.4, 0.5) is 5.69 Å². The van der Waals surface area contributed by atoms with E-state index in [9.17, 15) is 4.79 Å². The summed E-state index contributed by atoms with van der Waals surface area (Å²) in [4.78, 5) is 12.4. The minimum atomic E-state index is -0.694. The molecule has 5 heteroatoms. The molecular weight excluding hydrogens is 282 g/mol. The van der Waals surface area contributed by atoms with Crippen molar-refractivity contribution in [3.63, 3.8) is 0 Å². The number of carbonyl (C=O) groups is 1. The van der Waals surface area contributed by atoms with Gasteiger partial charge in [0.25, 0.3) is 5.91 Å². The van der Waals surface area contributed by atoms with Gasteiger partial charge in [-0.25, -0.2) is 0 Å². The third-order valence-corrected chi connectivity index (χ3v) is 3.41. The number of fused-ring (bicyclic) bond motifs is 1. The fourth-order valence-corrected chi connectivity index (χ4v) is 2.28. The summed E-state index contributed by atoms with van der Waals surface area (Å²) >= 11 is 0. The van der Waals surface area contributed by atoms with Crippen LogP contribution in [0.25, 0.3) is 0 Å². The molecule has 1 heterocycles. The van der Waals surface area contributed by atoms with E-state index < -0.39 is 6.10 Å². The number of benzene rings is 2. The number of para-hydroxylation sites is 2. The predicted molar refractivity (Wildman–Crippen MR) is 82.7 cm³/mol. The highest BCUT2D eigenvalue weighted by molar-refractivity contribution is 5.96. The van der Waals surface area contributed by atoms with Crippen molar-refractivity contribution >= 4 is 11.6 Å². The fourth-order valence-electron chi connectivity index (χ4n) is 2.28. The van der Waals surface area contributed by atoms with Gasteiger partial charge in [-0.3, -0.25) is 4.79 Å². The second-order valence-electron chi connectivity index (χ2n) is 5.06. The van der Waals surface area contributed by atoms with Gasteiger partial charge in [0.2, 0.25) is 6.10 Å². The smallest absolute Gasteiger partial charge is 0.269 e. The Morgan fingerprint density at radius 2 is 2.00 bits per heavy atom. The van der Waals surface area contributed by atoms with Gasteiger partial charge in [-0.15, -0.1) is 0 Å². The minimum absolute atomic E-state index is 0.178. The van der Waals surface area contributed by atoms with Crippen molar-refractivity contribution in [2.45, 2.75) is 13.0 Å². The first-order valence-electron chi connectivity index (χ1n) is 7.01. The molecule has 0 unspecified atom stereocenters. The Morgan fingerprint density at radius 1 is 1.23 bits per heavy atom. The Morgan fingerprint density at radius 3 is 2.77 bits per heavy atom. The molecule has 1 amide bonds. The van der Waals surface area contributed by atoms with Crippen molar-refractivity contribution in [2.75, 3.05) is 19.0 Å². The Hall–Kier alpha value is -2.69. The molecule has 1 aliphatic heterocycles. The van der Waals surface area contributed by atoms with E-state index in [1.54, 1.807) is 13.2 Å². The molecule has 0 spiro atoms. The number of hydrogen-bond acceptors (Lipinski definition) is 4. The van der Waals surface area contributed by atoms with Crippen molar-refractivity contribution in [3.05, 3.63) is 48.0 Å². The largest absolute Gasteiger partial charge is 0.495 e. The summed E-state index contributed by atoms with van der Waals surface area (Å²) in [5.41, 5.74) is 1.65. The molecule has 1 atom stereocenters. The zero-order chi connectivity index (χ0) is 15.5. The van der Waals surface area contributed by atoms with Crippen molar-refractivity contribution in [1.29, 1.82) is 0 Å². The van der Waals surface area contributed by atoms with Gasteiger partial charge in [0.1, 0.15) is 12.4 Å². The molecule has 0 saturated heterocycles. The average Bonchev–Trinajstić information content (AvgIpc) is 2.54. The summed E-state index contributed by atoms with van der Waals surface area (Å²) in [5.74, 6) is 1.57. The number of rotatable bonds is 3.